The molecule has 0 rings (SSSR count). The number of unbranched alkanes of at least 4 members (excludes halogenated alkanes) is 2. The Bertz CT molecular complexity index is 66.3. The van der Waals surface area contributed by atoms with Gasteiger partial charge in [0.05, 0.1) is 6.10 Å². The summed E-state index contributed by atoms with van der Waals surface area (Å²) in [5.41, 5.74) is 0. The first kappa shape index (κ1) is 10.7. The van der Waals surface area contributed by atoms with Crippen LogP contribution in [0.5, 0.6) is 0 Å². The predicted octanol–water partition coefficient (Wildman–Crippen LogP) is 2.75. The van der Waals surface area contributed by atoms with Gasteiger partial charge in [0.25, 0.3) is 0 Å². The third kappa shape index (κ3) is 6.81. The number of aliphatic hydroxyl groups is 1. The third-order valence-electron chi connectivity index (χ3n) is 1.64. The fourth-order valence-corrected chi connectivity index (χ4v) is 1.39. The highest BCUT2D eigenvalue weighted by Crippen LogP contribution is 2.06. The van der Waals surface area contributed by atoms with Gasteiger partial charge in [0.15, 0.2) is 0 Å². The van der Waals surface area contributed by atoms with Crippen molar-refractivity contribution in [3.8, 4) is 0 Å². The van der Waals surface area contributed by atoms with Crippen molar-refractivity contribution in [2.24, 2.45) is 0 Å². The van der Waals surface area contributed by atoms with Crippen molar-refractivity contribution in [2.45, 2.75) is 45.1 Å². The minimum Gasteiger partial charge on any atom is -0.393 e. The molecule has 0 aromatic carbocycles. The second kappa shape index (κ2) is 7.79. The first-order chi connectivity index (χ1) is 4.81. The molecule has 0 radical (unpaired) electrons. The van der Waals surface area contributed by atoms with Gasteiger partial charge < -0.3 is 5.11 Å². The number of hydrogen-bond acceptors (Lipinski definition) is 1. The van der Waals surface area contributed by atoms with Crippen LogP contribution in [-0.2, 0) is 0 Å². The highest BCUT2D eigenvalue weighted by atomic mass is 127. The molecule has 1 atom stereocenters. The molecule has 0 aromatic heterocycles. The number of rotatable bonds is 6. The fourth-order valence-electron chi connectivity index (χ4n) is 0.855. The van der Waals surface area contributed by atoms with Crippen LogP contribution in [0.25, 0.3) is 0 Å². The van der Waals surface area contributed by atoms with Crippen LogP contribution in [0.2, 0.25) is 0 Å². The van der Waals surface area contributed by atoms with Crippen LogP contribution in [0.15, 0.2) is 0 Å². The Hall–Kier alpha value is 0.690. The Kier molecular flexibility index (Phi) is 8.33. The topological polar surface area (TPSA) is 20.2 Å². The SMILES string of the molecule is CC[C@H](O)CCCCCI. The summed E-state index contributed by atoms with van der Waals surface area (Å²) < 4.78 is 1.25. The van der Waals surface area contributed by atoms with Crippen molar-refractivity contribution in [3.63, 3.8) is 0 Å². The summed E-state index contributed by atoms with van der Waals surface area (Å²) in [7, 11) is 0. The molecule has 0 heterocycles. The zero-order valence-electron chi connectivity index (χ0n) is 6.65. The molecule has 10 heavy (non-hydrogen) atoms. The smallest absolute Gasteiger partial charge is 0.0537 e. The van der Waals surface area contributed by atoms with E-state index in [1.807, 2.05) is 6.92 Å². The van der Waals surface area contributed by atoms with Gasteiger partial charge in [0.1, 0.15) is 0 Å². The van der Waals surface area contributed by atoms with Crippen LogP contribution in [0.1, 0.15) is 39.0 Å². The number of aliphatic hydroxyl groups excluding tert-OH is 1. The molecule has 1 N–H and O–H groups in total. The van der Waals surface area contributed by atoms with Gasteiger partial charge in [-0.05, 0) is 23.7 Å². The van der Waals surface area contributed by atoms with Crippen molar-refractivity contribution < 1.29 is 5.11 Å². The summed E-state index contributed by atoms with van der Waals surface area (Å²) in [6.45, 7) is 2.03. The summed E-state index contributed by atoms with van der Waals surface area (Å²) >= 11 is 2.39. The Morgan fingerprint density at radius 2 is 2.00 bits per heavy atom. The molecule has 0 saturated carbocycles. The van der Waals surface area contributed by atoms with Crippen molar-refractivity contribution in [1.82, 2.24) is 0 Å². The molecular formula is C8H17IO. The van der Waals surface area contributed by atoms with E-state index in [0.717, 1.165) is 12.8 Å². The summed E-state index contributed by atoms with van der Waals surface area (Å²) in [6, 6.07) is 0. The van der Waals surface area contributed by atoms with Gasteiger partial charge in [0.2, 0.25) is 0 Å². The molecule has 0 saturated heterocycles. The molecule has 0 fully saturated rings. The largest absolute Gasteiger partial charge is 0.393 e. The minimum absolute atomic E-state index is 0.0470. The highest BCUT2D eigenvalue weighted by molar-refractivity contribution is 14.1. The van der Waals surface area contributed by atoms with E-state index in [0.29, 0.717) is 0 Å². The van der Waals surface area contributed by atoms with Crippen LogP contribution < -0.4 is 0 Å². The summed E-state index contributed by atoms with van der Waals surface area (Å²) in [5, 5.41) is 9.16. The van der Waals surface area contributed by atoms with E-state index >= 15 is 0 Å². The number of hydrogen-bond donors (Lipinski definition) is 1. The molecule has 0 spiro atoms. The van der Waals surface area contributed by atoms with Gasteiger partial charge in [-0.25, -0.2) is 0 Å². The van der Waals surface area contributed by atoms with Crippen molar-refractivity contribution in [2.75, 3.05) is 4.43 Å². The van der Waals surface area contributed by atoms with E-state index in [9.17, 15) is 0 Å². The molecule has 0 aliphatic carbocycles. The first-order valence-electron chi connectivity index (χ1n) is 4.05. The molecule has 0 aliphatic heterocycles. The number of halogens is 1. The van der Waals surface area contributed by atoms with E-state index in [2.05, 4.69) is 22.6 Å². The van der Waals surface area contributed by atoms with E-state index in [-0.39, 0.29) is 6.10 Å². The quantitative estimate of drug-likeness (QED) is 0.440. The van der Waals surface area contributed by atoms with Crippen LogP contribution in [-0.4, -0.2) is 15.6 Å². The summed E-state index contributed by atoms with van der Waals surface area (Å²) in [6.07, 6.45) is 5.63. The molecular weight excluding hydrogens is 239 g/mol. The zero-order chi connectivity index (χ0) is 7.82. The molecule has 0 aromatic rings. The maximum atomic E-state index is 9.16. The van der Waals surface area contributed by atoms with Crippen molar-refractivity contribution in [1.29, 1.82) is 0 Å². The molecule has 0 aliphatic rings. The average Bonchev–Trinajstić information content (AvgIpc) is 1.98. The highest BCUT2D eigenvalue weighted by Gasteiger charge is 1.98. The molecule has 2 heteroatoms. The molecule has 1 nitrogen and oxygen atoms in total. The van der Waals surface area contributed by atoms with E-state index in [1.165, 1.54) is 23.7 Å². The monoisotopic (exact) mass is 256 g/mol. The summed E-state index contributed by atoms with van der Waals surface area (Å²) in [5.74, 6) is 0. The van der Waals surface area contributed by atoms with Gasteiger partial charge in [-0.15, -0.1) is 0 Å². The Balaban J connectivity index is 2.89. The Labute approximate surface area is 77.3 Å². The first-order valence-corrected chi connectivity index (χ1v) is 5.57. The van der Waals surface area contributed by atoms with Crippen molar-refractivity contribution in [3.05, 3.63) is 0 Å². The Morgan fingerprint density at radius 3 is 2.50 bits per heavy atom. The lowest BCUT2D eigenvalue weighted by Gasteiger charge is -2.05. The lowest BCUT2D eigenvalue weighted by atomic mass is 10.1. The van der Waals surface area contributed by atoms with Crippen molar-refractivity contribution >= 4 is 22.6 Å². The van der Waals surface area contributed by atoms with Gasteiger partial charge in [-0.1, -0.05) is 42.4 Å². The van der Waals surface area contributed by atoms with Crippen LogP contribution in [0.3, 0.4) is 0 Å². The van der Waals surface area contributed by atoms with E-state index in [1.54, 1.807) is 0 Å². The van der Waals surface area contributed by atoms with Crippen LogP contribution >= 0.6 is 22.6 Å². The maximum Gasteiger partial charge on any atom is 0.0537 e. The van der Waals surface area contributed by atoms with Gasteiger partial charge in [-0.2, -0.15) is 0 Å². The summed E-state index contributed by atoms with van der Waals surface area (Å²) in [4.78, 5) is 0. The molecule has 0 amide bonds. The third-order valence-corrected chi connectivity index (χ3v) is 2.41. The van der Waals surface area contributed by atoms with E-state index in [4.69, 9.17) is 5.11 Å². The Morgan fingerprint density at radius 1 is 1.30 bits per heavy atom. The normalized spacial score (nSPS) is 13.5. The lowest BCUT2D eigenvalue weighted by Crippen LogP contribution is -2.03. The van der Waals surface area contributed by atoms with Gasteiger partial charge >= 0.3 is 0 Å². The van der Waals surface area contributed by atoms with Crippen LogP contribution in [0, 0.1) is 0 Å². The van der Waals surface area contributed by atoms with Crippen LogP contribution in [0.4, 0.5) is 0 Å². The minimum atomic E-state index is -0.0470. The average molecular weight is 256 g/mol. The second-order valence-corrected chi connectivity index (χ2v) is 3.68. The zero-order valence-corrected chi connectivity index (χ0v) is 8.80. The predicted molar refractivity (Wildman–Crippen MR) is 53.7 cm³/mol. The lowest BCUT2D eigenvalue weighted by molar-refractivity contribution is 0.157. The molecule has 62 valence electrons. The van der Waals surface area contributed by atoms with E-state index < -0.39 is 0 Å². The van der Waals surface area contributed by atoms with Gasteiger partial charge in [0, 0.05) is 0 Å². The standard InChI is InChI=1S/C8H17IO/c1-2-8(10)6-4-3-5-7-9/h8,10H,2-7H2,1H3/t8-/m0/s1. The molecule has 0 unspecified atom stereocenters. The number of alkyl halides is 1. The van der Waals surface area contributed by atoms with Gasteiger partial charge in [-0.3, -0.25) is 0 Å². The molecule has 0 bridgehead atoms. The maximum absolute atomic E-state index is 9.16. The fraction of sp³-hybridized carbons (Fsp3) is 1.00. The second-order valence-electron chi connectivity index (χ2n) is 2.60.